The molecule has 1 aromatic carbocycles. The first kappa shape index (κ1) is 26.8. The normalized spacial score (nSPS) is 23.6. The van der Waals surface area contributed by atoms with Crippen molar-refractivity contribution in [2.24, 2.45) is 0 Å². The monoisotopic (exact) mass is 518 g/mol. The van der Waals surface area contributed by atoms with Crippen LogP contribution in [0.15, 0.2) is 24.3 Å². The minimum absolute atomic E-state index is 0.0591. The number of piperidine rings is 2. The number of urea groups is 1. The number of carbonyl (C=O) groups is 4. The van der Waals surface area contributed by atoms with Crippen LogP contribution in [0.1, 0.15) is 56.8 Å². The number of nitrogens with zero attached hydrogens (tertiary/aromatic N) is 3. The fraction of sp³-hybridized carbons (Fsp3) is 0.615. The van der Waals surface area contributed by atoms with Crippen LogP contribution in [0, 0.1) is 0 Å². The molecule has 5 amide bonds. The number of nitrogens with one attached hydrogen (secondary N) is 1. The molecule has 37 heavy (non-hydrogen) atoms. The Bertz CT molecular complexity index is 1040. The van der Waals surface area contributed by atoms with Gasteiger partial charge in [0.05, 0.1) is 18.8 Å². The van der Waals surface area contributed by atoms with Crippen molar-refractivity contribution in [3.8, 4) is 0 Å². The van der Waals surface area contributed by atoms with Gasteiger partial charge in [-0.1, -0.05) is 6.07 Å². The van der Waals surface area contributed by atoms with Crippen molar-refractivity contribution in [3.05, 3.63) is 29.8 Å². The number of alkyl halides is 1. The Balaban J connectivity index is 1.26. The van der Waals surface area contributed by atoms with Gasteiger partial charge in [0, 0.05) is 43.9 Å². The maximum atomic E-state index is 14.8. The molecule has 10 nitrogen and oxygen atoms in total. The third-order valence-corrected chi connectivity index (χ3v) is 6.69. The highest BCUT2D eigenvalue weighted by molar-refractivity contribution is 6.06. The number of likely N-dealkylation sites (tertiary alicyclic amines) is 2. The number of rotatable bonds is 4. The van der Waals surface area contributed by atoms with Gasteiger partial charge < -0.3 is 19.3 Å². The fourth-order valence-corrected chi connectivity index (χ4v) is 4.77. The molecule has 3 aliphatic heterocycles. The zero-order valence-electron chi connectivity index (χ0n) is 21.6. The van der Waals surface area contributed by atoms with Crippen LogP contribution >= 0.6 is 0 Å². The van der Waals surface area contributed by atoms with Gasteiger partial charge in [-0.25, -0.2) is 14.0 Å². The minimum Gasteiger partial charge on any atom is -0.444 e. The highest BCUT2D eigenvalue weighted by Crippen LogP contribution is 2.26. The number of benzene rings is 1. The Morgan fingerprint density at radius 3 is 2.38 bits per heavy atom. The SMILES string of the molecule is CC(C)(C)OC(=O)N1CC[C@@H](OC2CCN(C(=O)c3cccc(N4CCC(=O)NC4=O)c3)CC2)[C@H](F)C1. The van der Waals surface area contributed by atoms with E-state index in [2.05, 4.69) is 5.32 Å². The number of hydrogen-bond acceptors (Lipinski definition) is 6. The van der Waals surface area contributed by atoms with Gasteiger partial charge >= 0.3 is 12.1 Å². The summed E-state index contributed by atoms with van der Waals surface area (Å²) in [6.45, 7) is 6.85. The second-order valence-corrected chi connectivity index (χ2v) is 10.7. The molecule has 0 radical (unpaired) electrons. The number of carbonyl (C=O) groups excluding carboxylic acids is 4. The van der Waals surface area contributed by atoms with Gasteiger partial charge in [-0.15, -0.1) is 0 Å². The third-order valence-electron chi connectivity index (χ3n) is 6.69. The van der Waals surface area contributed by atoms with Crippen LogP contribution in [0.3, 0.4) is 0 Å². The Hall–Kier alpha value is -3.21. The lowest BCUT2D eigenvalue weighted by Crippen LogP contribution is -2.51. The van der Waals surface area contributed by atoms with Crippen LogP contribution in [-0.4, -0.2) is 90.4 Å². The molecule has 3 saturated heterocycles. The molecule has 0 saturated carbocycles. The van der Waals surface area contributed by atoms with E-state index in [1.54, 1.807) is 49.9 Å². The van der Waals surface area contributed by atoms with Crippen molar-refractivity contribution < 1.29 is 33.0 Å². The van der Waals surface area contributed by atoms with Crippen LogP contribution in [0.25, 0.3) is 0 Å². The molecule has 0 aliphatic carbocycles. The molecule has 11 heteroatoms. The molecule has 4 rings (SSSR count). The molecular formula is C26H35FN4O6. The van der Waals surface area contributed by atoms with Gasteiger partial charge in [-0.05, 0) is 58.2 Å². The molecule has 0 spiro atoms. The first-order valence-corrected chi connectivity index (χ1v) is 12.8. The summed E-state index contributed by atoms with van der Waals surface area (Å²) in [4.78, 5) is 53.5. The summed E-state index contributed by atoms with van der Waals surface area (Å²) >= 11 is 0. The second-order valence-electron chi connectivity index (χ2n) is 10.7. The van der Waals surface area contributed by atoms with E-state index in [0.717, 1.165) is 0 Å². The van der Waals surface area contributed by atoms with Crippen LogP contribution in [0.4, 0.5) is 19.7 Å². The van der Waals surface area contributed by atoms with Crippen molar-refractivity contribution in [1.29, 1.82) is 0 Å². The van der Waals surface area contributed by atoms with Crippen LogP contribution in [0.5, 0.6) is 0 Å². The summed E-state index contributed by atoms with van der Waals surface area (Å²) in [5.74, 6) is -0.464. The Labute approximate surface area is 216 Å². The lowest BCUT2D eigenvalue weighted by Gasteiger charge is -2.39. The van der Waals surface area contributed by atoms with Gasteiger partial charge in [0.15, 0.2) is 0 Å². The number of anilines is 1. The number of hydrogen-bond donors (Lipinski definition) is 1. The first-order chi connectivity index (χ1) is 17.5. The highest BCUT2D eigenvalue weighted by Gasteiger charge is 2.36. The average molecular weight is 519 g/mol. The summed E-state index contributed by atoms with van der Waals surface area (Å²) in [7, 11) is 0. The van der Waals surface area contributed by atoms with E-state index in [0.29, 0.717) is 50.1 Å². The van der Waals surface area contributed by atoms with Gasteiger partial charge in [0.2, 0.25) is 5.91 Å². The fourth-order valence-electron chi connectivity index (χ4n) is 4.77. The zero-order chi connectivity index (χ0) is 26.7. The summed E-state index contributed by atoms with van der Waals surface area (Å²) in [6.07, 6.45) is -0.808. The highest BCUT2D eigenvalue weighted by atomic mass is 19.1. The Morgan fingerprint density at radius 2 is 1.73 bits per heavy atom. The summed E-state index contributed by atoms with van der Waals surface area (Å²) in [5, 5.41) is 2.28. The minimum atomic E-state index is -1.30. The van der Waals surface area contributed by atoms with Crippen LogP contribution in [-0.2, 0) is 14.3 Å². The van der Waals surface area contributed by atoms with E-state index in [4.69, 9.17) is 9.47 Å². The predicted octanol–water partition coefficient (Wildman–Crippen LogP) is 3.10. The van der Waals surface area contributed by atoms with Gasteiger partial charge in [0.1, 0.15) is 11.8 Å². The van der Waals surface area contributed by atoms with Crippen molar-refractivity contribution in [1.82, 2.24) is 15.1 Å². The summed E-state index contributed by atoms with van der Waals surface area (Å²) in [5.41, 5.74) is 0.381. The van der Waals surface area contributed by atoms with E-state index in [1.807, 2.05) is 0 Å². The standard InChI is InChI=1S/C26H35FN4O6/c1-26(2,3)37-25(35)30-13-9-21(20(27)16-30)36-19-7-11-29(12-8-19)23(33)17-5-4-6-18(15-17)31-14-10-22(32)28-24(31)34/h4-6,15,19-21H,7-14,16H2,1-3H3,(H,28,32,34)/t20-,21-/m1/s1. The van der Waals surface area contributed by atoms with Crippen molar-refractivity contribution in [3.63, 3.8) is 0 Å². The van der Waals surface area contributed by atoms with E-state index in [1.165, 1.54) is 9.80 Å². The topological polar surface area (TPSA) is 108 Å². The third kappa shape index (κ3) is 6.76. The zero-order valence-corrected chi connectivity index (χ0v) is 21.6. The first-order valence-electron chi connectivity index (χ1n) is 12.8. The lowest BCUT2D eigenvalue weighted by molar-refractivity contribution is -0.120. The van der Waals surface area contributed by atoms with Gasteiger partial charge in [-0.2, -0.15) is 0 Å². The number of amides is 5. The van der Waals surface area contributed by atoms with Crippen molar-refractivity contribution in [2.75, 3.05) is 37.6 Å². The van der Waals surface area contributed by atoms with Crippen molar-refractivity contribution >= 4 is 29.6 Å². The quantitative estimate of drug-likeness (QED) is 0.656. The lowest BCUT2D eigenvalue weighted by atomic mass is 10.0. The van der Waals surface area contributed by atoms with Gasteiger partial charge in [-0.3, -0.25) is 19.8 Å². The van der Waals surface area contributed by atoms with Crippen LogP contribution < -0.4 is 10.2 Å². The maximum absolute atomic E-state index is 14.8. The molecule has 0 bridgehead atoms. The van der Waals surface area contributed by atoms with E-state index in [-0.39, 0.29) is 37.4 Å². The smallest absolute Gasteiger partial charge is 0.410 e. The Kier molecular flexibility index (Phi) is 8.01. The molecule has 3 fully saturated rings. The number of halogens is 1. The molecule has 202 valence electrons. The molecule has 1 N–H and O–H groups in total. The molecule has 1 aromatic rings. The Morgan fingerprint density at radius 1 is 1.03 bits per heavy atom. The largest absolute Gasteiger partial charge is 0.444 e. The molecule has 0 aromatic heterocycles. The number of imide groups is 1. The molecule has 2 atom stereocenters. The second kappa shape index (κ2) is 11.0. The van der Waals surface area contributed by atoms with Crippen molar-refractivity contribution in [2.45, 2.75) is 70.4 Å². The van der Waals surface area contributed by atoms with E-state index >= 15 is 0 Å². The maximum Gasteiger partial charge on any atom is 0.410 e. The molecule has 0 unspecified atom stereocenters. The van der Waals surface area contributed by atoms with Crippen LogP contribution in [0.2, 0.25) is 0 Å². The predicted molar refractivity (Wildman–Crippen MR) is 133 cm³/mol. The average Bonchev–Trinajstić information content (AvgIpc) is 2.84. The van der Waals surface area contributed by atoms with E-state index < -0.39 is 30.0 Å². The summed E-state index contributed by atoms with van der Waals surface area (Å²) < 4.78 is 26.2. The van der Waals surface area contributed by atoms with Gasteiger partial charge in [0.25, 0.3) is 5.91 Å². The molecule has 3 aliphatic rings. The van der Waals surface area contributed by atoms with E-state index in [9.17, 15) is 23.6 Å². The molecular weight excluding hydrogens is 483 g/mol. The molecule has 3 heterocycles. The number of ether oxygens (including phenoxy) is 2. The summed E-state index contributed by atoms with van der Waals surface area (Å²) in [6, 6.07) is 6.31.